The molecule has 2 aromatic rings. The van der Waals surface area contributed by atoms with Gasteiger partial charge in [0, 0.05) is 11.2 Å². The molecule has 0 bridgehead atoms. The largest absolute Gasteiger partial charge is 0.477 e. The summed E-state index contributed by atoms with van der Waals surface area (Å²) in [4.78, 5) is 11.8. The normalized spacial score (nSPS) is 21.9. The molecule has 106 valence electrons. The lowest BCUT2D eigenvalue weighted by Gasteiger charge is -2.31. The number of thiophene rings is 1. The topological polar surface area (TPSA) is 69.6 Å². The van der Waals surface area contributed by atoms with Gasteiger partial charge in [-0.15, -0.1) is 11.3 Å². The molecule has 0 aliphatic heterocycles. The minimum atomic E-state index is -0.859. The molecule has 3 N–H and O–H groups in total. The smallest absolute Gasteiger partial charge is 0.346 e. The number of carbonyl (C=O) groups is 1. The highest BCUT2D eigenvalue weighted by atomic mass is 32.1. The summed E-state index contributed by atoms with van der Waals surface area (Å²) in [5.74, 6) is -0.342. The van der Waals surface area contributed by atoms with Crippen LogP contribution in [-0.4, -0.2) is 28.8 Å². The minimum Gasteiger partial charge on any atom is -0.477 e. The fraction of sp³-hybridized carbons (Fsp3) is 0.400. The lowest BCUT2D eigenvalue weighted by Crippen LogP contribution is -2.36. The van der Waals surface area contributed by atoms with E-state index in [0.29, 0.717) is 17.3 Å². The predicted octanol–water partition coefficient (Wildman–Crippen LogP) is 2.46. The van der Waals surface area contributed by atoms with Gasteiger partial charge in [0.05, 0.1) is 6.10 Å². The van der Waals surface area contributed by atoms with Crippen molar-refractivity contribution < 1.29 is 15.0 Å². The second-order valence-corrected chi connectivity index (χ2v) is 6.39. The van der Waals surface area contributed by atoms with Crippen LogP contribution in [0, 0.1) is 5.92 Å². The Hall–Kier alpha value is -1.43. The number of aliphatic hydroxyl groups is 1. The van der Waals surface area contributed by atoms with Crippen LogP contribution in [0.4, 0.5) is 0 Å². The van der Waals surface area contributed by atoms with Crippen molar-refractivity contribution in [3.05, 3.63) is 34.7 Å². The SMILES string of the molecule is O=C(O)c1sc2ccccc2c1CNCC1CC(O)C1. The Morgan fingerprint density at radius 1 is 1.35 bits per heavy atom. The number of hydrogen-bond donors (Lipinski definition) is 3. The molecule has 0 atom stereocenters. The number of benzene rings is 1. The van der Waals surface area contributed by atoms with Gasteiger partial charge >= 0.3 is 5.97 Å². The Labute approximate surface area is 121 Å². The summed E-state index contributed by atoms with van der Waals surface area (Å²) >= 11 is 1.33. The number of aromatic carboxylic acids is 1. The van der Waals surface area contributed by atoms with Crippen molar-refractivity contribution in [2.45, 2.75) is 25.5 Å². The summed E-state index contributed by atoms with van der Waals surface area (Å²) in [5, 5.41) is 22.9. The lowest BCUT2D eigenvalue weighted by molar-refractivity contribution is 0.0430. The molecule has 5 heteroatoms. The van der Waals surface area contributed by atoms with Crippen LogP contribution in [0.5, 0.6) is 0 Å². The fourth-order valence-electron chi connectivity index (χ4n) is 2.72. The molecule has 0 unspecified atom stereocenters. The highest BCUT2D eigenvalue weighted by molar-refractivity contribution is 7.21. The maximum Gasteiger partial charge on any atom is 0.346 e. The van der Waals surface area contributed by atoms with E-state index in [1.165, 1.54) is 11.3 Å². The quantitative estimate of drug-likeness (QED) is 0.791. The molecule has 4 nitrogen and oxygen atoms in total. The third-order valence-corrected chi connectivity index (χ3v) is 5.04. The number of nitrogens with one attached hydrogen (secondary N) is 1. The van der Waals surface area contributed by atoms with Gasteiger partial charge in [-0.1, -0.05) is 18.2 Å². The van der Waals surface area contributed by atoms with Crippen LogP contribution in [0.15, 0.2) is 24.3 Å². The zero-order valence-corrected chi connectivity index (χ0v) is 11.8. The van der Waals surface area contributed by atoms with Gasteiger partial charge in [-0.05, 0) is 42.3 Å². The highest BCUT2D eigenvalue weighted by Gasteiger charge is 2.26. The van der Waals surface area contributed by atoms with E-state index in [1.807, 2.05) is 24.3 Å². The standard InChI is InChI=1S/C15H17NO3S/c17-10-5-9(6-10)7-16-8-12-11-3-1-2-4-13(11)20-14(12)15(18)19/h1-4,9-10,16-17H,5-8H2,(H,18,19). The van der Waals surface area contributed by atoms with Gasteiger partial charge in [0.15, 0.2) is 0 Å². The van der Waals surface area contributed by atoms with Gasteiger partial charge in [0.25, 0.3) is 0 Å². The average molecular weight is 291 g/mol. The molecule has 0 amide bonds. The molecular weight excluding hydrogens is 274 g/mol. The van der Waals surface area contributed by atoms with Gasteiger partial charge in [0.2, 0.25) is 0 Å². The first-order valence-electron chi connectivity index (χ1n) is 6.77. The van der Waals surface area contributed by atoms with E-state index in [1.54, 1.807) is 0 Å². The molecule has 1 fully saturated rings. The van der Waals surface area contributed by atoms with E-state index < -0.39 is 5.97 Å². The average Bonchev–Trinajstić information content (AvgIpc) is 2.76. The van der Waals surface area contributed by atoms with Crippen molar-refractivity contribution in [1.82, 2.24) is 5.32 Å². The monoisotopic (exact) mass is 291 g/mol. The molecule has 1 saturated carbocycles. The van der Waals surface area contributed by atoms with Crippen molar-refractivity contribution in [1.29, 1.82) is 0 Å². The summed E-state index contributed by atoms with van der Waals surface area (Å²) in [5.41, 5.74) is 0.873. The van der Waals surface area contributed by atoms with Gasteiger partial charge < -0.3 is 15.5 Å². The molecule has 1 aromatic carbocycles. The Morgan fingerprint density at radius 2 is 2.10 bits per heavy atom. The second kappa shape index (κ2) is 5.52. The Morgan fingerprint density at radius 3 is 2.80 bits per heavy atom. The maximum absolute atomic E-state index is 11.3. The van der Waals surface area contributed by atoms with Crippen LogP contribution < -0.4 is 5.32 Å². The van der Waals surface area contributed by atoms with E-state index in [4.69, 9.17) is 0 Å². The van der Waals surface area contributed by atoms with Crippen LogP contribution in [0.25, 0.3) is 10.1 Å². The number of carboxylic acids is 1. The Bertz CT molecular complexity index is 631. The van der Waals surface area contributed by atoms with Crippen LogP contribution in [0.1, 0.15) is 28.1 Å². The molecule has 0 saturated heterocycles. The number of carboxylic acid groups (broad SMARTS) is 1. The third kappa shape index (κ3) is 2.57. The van der Waals surface area contributed by atoms with Gasteiger partial charge in [0.1, 0.15) is 4.88 Å². The fourth-order valence-corrected chi connectivity index (χ4v) is 3.78. The molecular formula is C15H17NO3S. The predicted molar refractivity (Wildman–Crippen MR) is 79.2 cm³/mol. The molecule has 1 aliphatic carbocycles. The van der Waals surface area contributed by atoms with E-state index in [-0.39, 0.29) is 6.10 Å². The summed E-state index contributed by atoms with van der Waals surface area (Å²) in [6.07, 6.45) is 1.56. The van der Waals surface area contributed by atoms with Gasteiger partial charge in [-0.2, -0.15) is 0 Å². The van der Waals surface area contributed by atoms with Crippen molar-refractivity contribution in [2.75, 3.05) is 6.54 Å². The number of hydrogen-bond acceptors (Lipinski definition) is 4. The zero-order chi connectivity index (χ0) is 14.1. The maximum atomic E-state index is 11.3. The number of rotatable bonds is 5. The summed E-state index contributed by atoms with van der Waals surface area (Å²) < 4.78 is 1.01. The van der Waals surface area contributed by atoms with Crippen LogP contribution in [0.2, 0.25) is 0 Å². The number of fused-ring (bicyclic) bond motifs is 1. The van der Waals surface area contributed by atoms with Crippen molar-refractivity contribution in [2.24, 2.45) is 5.92 Å². The first-order chi connectivity index (χ1) is 9.65. The summed E-state index contributed by atoms with van der Waals surface area (Å²) in [6, 6.07) is 7.80. The van der Waals surface area contributed by atoms with E-state index >= 15 is 0 Å². The van der Waals surface area contributed by atoms with Gasteiger partial charge in [-0.3, -0.25) is 0 Å². The first-order valence-corrected chi connectivity index (χ1v) is 7.59. The Kier molecular flexibility index (Phi) is 3.74. The highest BCUT2D eigenvalue weighted by Crippen LogP contribution is 2.31. The summed E-state index contributed by atoms with van der Waals surface area (Å²) in [6.45, 7) is 1.40. The van der Waals surface area contributed by atoms with Gasteiger partial charge in [-0.25, -0.2) is 4.79 Å². The zero-order valence-electron chi connectivity index (χ0n) is 11.0. The molecule has 1 aromatic heterocycles. The molecule has 1 aliphatic rings. The van der Waals surface area contributed by atoms with Crippen LogP contribution in [0.3, 0.4) is 0 Å². The van der Waals surface area contributed by atoms with Crippen LogP contribution in [-0.2, 0) is 6.54 Å². The molecule has 0 spiro atoms. The molecule has 3 rings (SSSR count). The van der Waals surface area contributed by atoms with E-state index in [2.05, 4.69) is 5.32 Å². The molecule has 0 radical (unpaired) electrons. The lowest BCUT2D eigenvalue weighted by atomic mass is 9.82. The molecule has 1 heterocycles. The van der Waals surface area contributed by atoms with Crippen molar-refractivity contribution in [3.8, 4) is 0 Å². The molecule has 20 heavy (non-hydrogen) atoms. The second-order valence-electron chi connectivity index (χ2n) is 5.33. The minimum absolute atomic E-state index is 0.140. The van der Waals surface area contributed by atoms with E-state index in [9.17, 15) is 15.0 Å². The van der Waals surface area contributed by atoms with E-state index in [0.717, 1.165) is 35.0 Å². The van der Waals surface area contributed by atoms with Crippen LogP contribution >= 0.6 is 11.3 Å². The third-order valence-electron chi connectivity index (χ3n) is 3.84. The Balaban J connectivity index is 1.75. The number of aliphatic hydroxyl groups excluding tert-OH is 1. The summed E-state index contributed by atoms with van der Waals surface area (Å²) in [7, 11) is 0. The van der Waals surface area contributed by atoms with Crippen molar-refractivity contribution in [3.63, 3.8) is 0 Å². The van der Waals surface area contributed by atoms with Crippen molar-refractivity contribution >= 4 is 27.4 Å². The first kappa shape index (κ1) is 13.5.